The molecule has 0 aliphatic rings. The lowest BCUT2D eigenvalue weighted by Gasteiger charge is -2.20. The van der Waals surface area contributed by atoms with Crippen molar-refractivity contribution in [2.24, 2.45) is 0 Å². The first-order valence-corrected chi connectivity index (χ1v) is 14.5. The van der Waals surface area contributed by atoms with Gasteiger partial charge in [0.15, 0.2) is 0 Å². The van der Waals surface area contributed by atoms with Crippen LogP contribution in [-0.2, 0) is 0 Å². The van der Waals surface area contributed by atoms with E-state index in [0.717, 1.165) is 0 Å². The van der Waals surface area contributed by atoms with Gasteiger partial charge in [-0.15, -0.1) is 0 Å². The summed E-state index contributed by atoms with van der Waals surface area (Å²) in [6, 6.07) is 56.3. The van der Waals surface area contributed by atoms with E-state index in [1.54, 1.807) is 0 Å². The molecule has 0 saturated heterocycles. The highest BCUT2D eigenvalue weighted by atomic mass is 14.2. The fourth-order valence-electron chi connectivity index (χ4n) is 5.95. The van der Waals surface area contributed by atoms with Gasteiger partial charge in [0.2, 0.25) is 0 Å². The van der Waals surface area contributed by atoms with Crippen LogP contribution >= 0.6 is 0 Å². The van der Waals surface area contributed by atoms with Gasteiger partial charge in [-0.2, -0.15) is 0 Å². The molecule has 0 heteroatoms. The molecule has 0 unspecified atom stereocenters. The predicted molar refractivity (Wildman–Crippen MR) is 183 cm³/mol. The second-order valence-corrected chi connectivity index (χ2v) is 10.5. The van der Waals surface area contributed by atoms with Gasteiger partial charge in [-0.05, 0) is 66.1 Å². The number of hydrogen-bond acceptors (Lipinski definition) is 0. The Bertz CT molecular complexity index is 1850. The largest absolute Gasteiger partial charge is 0.0622 e. The van der Waals surface area contributed by atoms with Crippen LogP contribution in [0.2, 0.25) is 0 Å². The molecule has 0 amide bonds. The Labute approximate surface area is 247 Å². The minimum atomic E-state index is 1.19. The molecule has 0 spiro atoms. The molecule has 0 nitrogen and oxygen atoms in total. The Morgan fingerprint density at radius 2 is 0.571 bits per heavy atom. The van der Waals surface area contributed by atoms with Gasteiger partial charge in [-0.3, -0.25) is 0 Å². The van der Waals surface area contributed by atoms with Gasteiger partial charge < -0.3 is 0 Å². The average molecular weight is 535 g/mol. The molecule has 42 heavy (non-hydrogen) atoms. The minimum Gasteiger partial charge on any atom is -0.0622 e. The van der Waals surface area contributed by atoms with Gasteiger partial charge in [0.1, 0.15) is 0 Å². The van der Waals surface area contributed by atoms with E-state index < -0.39 is 0 Å². The third kappa shape index (κ3) is 4.96. The first-order valence-electron chi connectivity index (χ1n) is 14.5. The zero-order valence-corrected chi connectivity index (χ0v) is 23.3. The van der Waals surface area contributed by atoms with Crippen molar-refractivity contribution < 1.29 is 0 Å². The Morgan fingerprint density at radius 1 is 0.262 bits per heavy atom. The van der Waals surface area contributed by atoms with Crippen molar-refractivity contribution in [3.05, 3.63) is 180 Å². The van der Waals surface area contributed by atoms with Crippen LogP contribution < -0.4 is 0 Å². The van der Waals surface area contributed by atoms with E-state index in [-0.39, 0.29) is 0 Å². The van der Waals surface area contributed by atoms with Gasteiger partial charge >= 0.3 is 0 Å². The van der Waals surface area contributed by atoms with Crippen molar-refractivity contribution in [1.29, 1.82) is 0 Å². The van der Waals surface area contributed by atoms with Crippen molar-refractivity contribution in [1.82, 2.24) is 0 Å². The summed E-state index contributed by atoms with van der Waals surface area (Å²) in [6.45, 7) is 0. The summed E-state index contributed by atoms with van der Waals surface area (Å²) in [5.74, 6) is 0. The maximum Gasteiger partial charge on any atom is -0.00204 e. The summed E-state index contributed by atoms with van der Waals surface area (Å²) >= 11 is 0. The summed E-state index contributed by atoms with van der Waals surface area (Å²) in [5.41, 5.74) is 9.81. The van der Waals surface area contributed by atoms with E-state index in [1.165, 1.54) is 66.1 Å². The molecule has 198 valence electrons. The first-order chi connectivity index (χ1) is 20.9. The van der Waals surface area contributed by atoms with E-state index in [9.17, 15) is 0 Å². The normalized spacial score (nSPS) is 11.6. The highest BCUT2D eigenvalue weighted by molar-refractivity contribution is 6.22. The summed E-state index contributed by atoms with van der Waals surface area (Å²) < 4.78 is 0. The highest BCUT2D eigenvalue weighted by Gasteiger charge is 2.18. The molecule has 7 aromatic rings. The SMILES string of the molecule is C(=Cc1ccccc1-c1c2ccccc2c(-c2ccccc2C=Cc2ccccc2)c2ccccc12)c1ccccc1. The van der Waals surface area contributed by atoms with Crippen molar-refractivity contribution in [2.45, 2.75) is 0 Å². The molecular weight excluding hydrogens is 504 g/mol. The van der Waals surface area contributed by atoms with Gasteiger partial charge in [0, 0.05) is 0 Å². The average Bonchev–Trinajstić information content (AvgIpc) is 3.07. The van der Waals surface area contributed by atoms with Crippen LogP contribution in [0.5, 0.6) is 0 Å². The Balaban J connectivity index is 1.47. The molecule has 0 saturated carbocycles. The van der Waals surface area contributed by atoms with E-state index in [4.69, 9.17) is 0 Å². The molecule has 7 rings (SSSR count). The van der Waals surface area contributed by atoms with E-state index in [0.29, 0.717) is 0 Å². The fourth-order valence-corrected chi connectivity index (χ4v) is 5.95. The summed E-state index contributed by atoms with van der Waals surface area (Å²) in [4.78, 5) is 0. The topological polar surface area (TPSA) is 0 Å². The fraction of sp³-hybridized carbons (Fsp3) is 0. The molecule has 0 atom stereocenters. The predicted octanol–water partition coefficient (Wildman–Crippen LogP) is 11.7. The van der Waals surface area contributed by atoms with Gasteiger partial charge in [-0.25, -0.2) is 0 Å². The zero-order valence-electron chi connectivity index (χ0n) is 23.3. The van der Waals surface area contributed by atoms with Crippen molar-refractivity contribution in [3.63, 3.8) is 0 Å². The molecule has 0 aromatic heterocycles. The lowest BCUT2D eigenvalue weighted by atomic mass is 9.83. The number of hydrogen-bond donors (Lipinski definition) is 0. The van der Waals surface area contributed by atoms with Crippen LogP contribution in [0.25, 0.3) is 68.1 Å². The third-order valence-electron chi connectivity index (χ3n) is 7.90. The lowest BCUT2D eigenvalue weighted by molar-refractivity contribution is 1.61. The number of rotatable bonds is 6. The van der Waals surface area contributed by atoms with Crippen molar-refractivity contribution >= 4 is 45.8 Å². The zero-order chi connectivity index (χ0) is 28.1. The van der Waals surface area contributed by atoms with Crippen molar-refractivity contribution in [2.75, 3.05) is 0 Å². The van der Waals surface area contributed by atoms with Crippen LogP contribution in [0, 0.1) is 0 Å². The van der Waals surface area contributed by atoms with E-state index >= 15 is 0 Å². The smallest absolute Gasteiger partial charge is 0.00204 e. The Morgan fingerprint density at radius 3 is 0.952 bits per heavy atom. The van der Waals surface area contributed by atoms with Gasteiger partial charge in [0.05, 0.1) is 0 Å². The maximum atomic E-state index is 2.28. The highest BCUT2D eigenvalue weighted by Crippen LogP contribution is 2.45. The molecule has 0 N–H and O–H groups in total. The minimum absolute atomic E-state index is 1.19. The van der Waals surface area contributed by atoms with Crippen LogP contribution in [-0.4, -0.2) is 0 Å². The van der Waals surface area contributed by atoms with Gasteiger partial charge in [-0.1, -0.05) is 182 Å². The lowest BCUT2D eigenvalue weighted by Crippen LogP contribution is -1.93. The molecule has 0 fully saturated rings. The van der Waals surface area contributed by atoms with Crippen LogP contribution in [0.3, 0.4) is 0 Å². The van der Waals surface area contributed by atoms with Crippen LogP contribution in [0.1, 0.15) is 22.3 Å². The van der Waals surface area contributed by atoms with E-state index in [1.807, 2.05) is 0 Å². The van der Waals surface area contributed by atoms with Crippen molar-refractivity contribution in [3.8, 4) is 22.3 Å². The molecule has 0 radical (unpaired) electrons. The van der Waals surface area contributed by atoms with Gasteiger partial charge in [0.25, 0.3) is 0 Å². The monoisotopic (exact) mass is 534 g/mol. The Hall–Kier alpha value is -5.46. The second-order valence-electron chi connectivity index (χ2n) is 10.5. The number of fused-ring (bicyclic) bond motifs is 2. The first kappa shape index (κ1) is 25.5. The maximum absolute atomic E-state index is 2.28. The summed E-state index contributed by atoms with van der Waals surface area (Å²) in [6.07, 6.45) is 8.89. The molecule has 0 aliphatic carbocycles. The van der Waals surface area contributed by atoms with E-state index in [2.05, 4.69) is 182 Å². The number of benzene rings is 7. The summed E-state index contributed by atoms with van der Waals surface area (Å²) in [5, 5.41) is 5.03. The molecular formula is C42H30. The van der Waals surface area contributed by atoms with Crippen LogP contribution in [0.15, 0.2) is 158 Å². The molecule has 0 aliphatic heterocycles. The molecule has 7 aromatic carbocycles. The molecule has 0 bridgehead atoms. The quantitative estimate of drug-likeness (QED) is 0.147. The standard InChI is InChI=1S/C42H30/c1-3-15-31(16-4-1)27-29-33-19-7-9-21-35(33)41-37-23-11-13-25-39(37)42(40-26-14-12-24-38(40)41)36-22-10-8-20-34(36)30-28-32-17-5-2-6-18-32/h1-30H. The second kappa shape index (κ2) is 11.6. The third-order valence-corrected chi connectivity index (χ3v) is 7.90. The molecule has 0 heterocycles. The van der Waals surface area contributed by atoms with Crippen LogP contribution in [0.4, 0.5) is 0 Å². The Kier molecular flexibility index (Phi) is 7.02. The summed E-state index contributed by atoms with van der Waals surface area (Å²) in [7, 11) is 0.